The predicted molar refractivity (Wildman–Crippen MR) is 71.8 cm³/mol. The third-order valence-corrected chi connectivity index (χ3v) is 2.53. The monoisotopic (exact) mass is 274 g/mol. The molecule has 100 valence electrons. The Morgan fingerprint density at radius 1 is 1.39 bits per heavy atom. The largest absolute Gasteiger partial charge is 0.389 e. The predicted octanol–water partition coefficient (Wildman–Crippen LogP) is 2.44. The molecule has 0 saturated heterocycles. The smallest absolute Gasteiger partial charge is 0.150 e. The number of anilines is 1. The van der Waals surface area contributed by atoms with Gasteiger partial charge in [-0.1, -0.05) is 12.2 Å². The third-order valence-electron chi connectivity index (χ3n) is 2.30. The summed E-state index contributed by atoms with van der Waals surface area (Å²) in [5.41, 5.74) is 4.69. The first kappa shape index (κ1) is 14.8. The van der Waals surface area contributed by atoms with Crippen LogP contribution in [0, 0.1) is 11.6 Å². The van der Waals surface area contributed by atoms with Crippen LogP contribution in [0.4, 0.5) is 14.5 Å². The molecule has 3 N–H and O–H groups in total. The molecule has 0 aliphatic heterocycles. The van der Waals surface area contributed by atoms with Crippen LogP contribution in [0.1, 0.15) is 19.4 Å². The van der Waals surface area contributed by atoms with Crippen molar-refractivity contribution in [3.63, 3.8) is 0 Å². The fourth-order valence-corrected chi connectivity index (χ4v) is 1.69. The summed E-state index contributed by atoms with van der Waals surface area (Å²) in [6, 6.07) is 2.22. The Balaban J connectivity index is 3.08. The zero-order valence-corrected chi connectivity index (χ0v) is 11.3. The highest BCUT2D eigenvalue weighted by Crippen LogP contribution is 2.24. The maximum atomic E-state index is 13.8. The van der Waals surface area contributed by atoms with Gasteiger partial charge in [-0.3, -0.25) is 0 Å². The Kier molecular flexibility index (Phi) is 4.59. The molecule has 0 aromatic heterocycles. The minimum Gasteiger partial charge on any atom is -0.389 e. The van der Waals surface area contributed by atoms with Crippen LogP contribution < -0.4 is 11.1 Å². The number of hydrogen-bond acceptors (Lipinski definition) is 3. The van der Waals surface area contributed by atoms with E-state index < -0.39 is 17.2 Å². The summed E-state index contributed by atoms with van der Waals surface area (Å²) in [7, 11) is 1.52. The van der Waals surface area contributed by atoms with Crippen LogP contribution in [0.5, 0.6) is 0 Å². The fourth-order valence-electron chi connectivity index (χ4n) is 1.57. The second kappa shape index (κ2) is 5.58. The molecule has 0 bridgehead atoms. The zero-order chi connectivity index (χ0) is 13.9. The van der Waals surface area contributed by atoms with Gasteiger partial charge in [0.25, 0.3) is 0 Å². The van der Waals surface area contributed by atoms with Crippen molar-refractivity contribution in [2.45, 2.75) is 19.4 Å². The normalized spacial score (nSPS) is 11.4. The molecule has 18 heavy (non-hydrogen) atoms. The molecule has 1 aromatic rings. The van der Waals surface area contributed by atoms with E-state index in [1.165, 1.54) is 7.11 Å². The molecule has 0 unspecified atom stereocenters. The number of nitrogens with one attached hydrogen (secondary N) is 1. The Morgan fingerprint density at radius 3 is 2.28 bits per heavy atom. The first-order chi connectivity index (χ1) is 8.26. The highest BCUT2D eigenvalue weighted by molar-refractivity contribution is 7.80. The van der Waals surface area contributed by atoms with E-state index >= 15 is 0 Å². The minimum atomic E-state index is -0.734. The van der Waals surface area contributed by atoms with E-state index in [1.54, 1.807) is 13.8 Å². The lowest BCUT2D eigenvalue weighted by Gasteiger charge is -2.27. The summed E-state index contributed by atoms with van der Waals surface area (Å²) in [6.07, 6.45) is 0. The van der Waals surface area contributed by atoms with Gasteiger partial charge in [-0.25, -0.2) is 8.78 Å². The molecule has 3 nitrogen and oxygen atoms in total. The summed E-state index contributed by atoms with van der Waals surface area (Å²) in [6.45, 7) is 3.86. The highest BCUT2D eigenvalue weighted by Gasteiger charge is 2.22. The molecule has 6 heteroatoms. The van der Waals surface area contributed by atoms with Crippen molar-refractivity contribution in [2.24, 2.45) is 5.73 Å². The zero-order valence-electron chi connectivity index (χ0n) is 10.5. The molecule has 0 saturated carbocycles. The van der Waals surface area contributed by atoms with E-state index in [0.29, 0.717) is 6.61 Å². The number of methoxy groups -OCH3 is 1. The van der Waals surface area contributed by atoms with Crippen LogP contribution >= 0.6 is 12.2 Å². The fraction of sp³-hybridized carbons (Fsp3) is 0.417. The quantitative estimate of drug-likeness (QED) is 0.810. The van der Waals surface area contributed by atoms with E-state index in [-0.39, 0.29) is 16.2 Å². The number of hydrogen-bond donors (Lipinski definition) is 2. The molecule has 0 heterocycles. The van der Waals surface area contributed by atoms with E-state index in [0.717, 1.165) is 12.1 Å². The summed E-state index contributed by atoms with van der Waals surface area (Å²) < 4.78 is 32.5. The van der Waals surface area contributed by atoms with Gasteiger partial charge in [0, 0.05) is 12.7 Å². The summed E-state index contributed by atoms with van der Waals surface area (Å²) in [5.74, 6) is -1.47. The Hall–Kier alpha value is -1.27. The van der Waals surface area contributed by atoms with Gasteiger partial charge >= 0.3 is 0 Å². The van der Waals surface area contributed by atoms with Crippen LogP contribution in [-0.2, 0) is 4.74 Å². The number of nitrogens with two attached hydrogens (primary N) is 1. The Bertz CT molecular complexity index is 440. The average molecular weight is 274 g/mol. The van der Waals surface area contributed by atoms with Crippen molar-refractivity contribution in [1.29, 1.82) is 0 Å². The van der Waals surface area contributed by atoms with Crippen LogP contribution in [0.2, 0.25) is 0 Å². The molecule has 0 fully saturated rings. The number of benzene rings is 1. The first-order valence-electron chi connectivity index (χ1n) is 5.33. The Labute approximate surface area is 110 Å². The van der Waals surface area contributed by atoms with Crippen LogP contribution in [0.3, 0.4) is 0 Å². The molecule has 1 rings (SSSR count). The molecule has 0 amide bonds. The van der Waals surface area contributed by atoms with Gasteiger partial charge in [0.05, 0.1) is 12.1 Å². The van der Waals surface area contributed by atoms with Gasteiger partial charge in [0.1, 0.15) is 22.3 Å². The number of halogens is 2. The lowest BCUT2D eigenvalue weighted by molar-refractivity contribution is 0.158. The second-order valence-electron chi connectivity index (χ2n) is 4.62. The molecule has 1 aromatic carbocycles. The van der Waals surface area contributed by atoms with Crippen molar-refractivity contribution in [1.82, 2.24) is 0 Å². The molecule has 0 aliphatic rings. The topological polar surface area (TPSA) is 47.3 Å². The lowest BCUT2D eigenvalue weighted by atomic mass is 10.1. The first-order valence-corrected chi connectivity index (χ1v) is 5.73. The van der Waals surface area contributed by atoms with Crippen molar-refractivity contribution >= 4 is 22.9 Å². The maximum Gasteiger partial charge on any atom is 0.150 e. The van der Waals surface area contributed by atoms with Crippen molar-refractivity contribution < 1.29 is 13.5 Å². The van der Waals surface area contributed by atoms with Crippen LogP contribution in [-0.4, -0.2) is 24.2 Å². The maximum absolute atomic E-state index is 13.8. The second-order valence-corrected chi connectivity index (χ2v) is 5.06. The number of rotatable bonds is 5. The van der Waals surface area contributed by atoms with Gasteiger partial charge in [-0.2, -0.15) is 0 Å². The molecular weight excluding hydrogens is 258 g/mol. The molecule has 0 atom stereocenters. The van der Waals surface area contributed by atoms with Crippen LogP contribution in [0.15, 0.2) is 12.1 Å². The number of thiocarbonyl (C=S) groups is 1. The SMILES string of the molecule is COCC(C)(C)Nc1c(F)cc(C(N)=S)cc1F. The minimum absolute atomic E-state index is 0.0458. The van der Waals surface area contributed by atoms with Crippen molar-refractivity contribution in [3.8, 4) is 0 Å². The van der Waals surface area contributed by atoms with Gasteiger partial charge in [-0.05, 0) is 26.0 Å². The van der Waals surface area contributed by atoms with E-state index in [4.69, 9.17) is 10.5 Å². The van der Waals surface area contributed by atoms with Crippen molar-refractivity contribution in [3.05, 3.63) is 29.3 Å². The summed E-state index contributed by atoms with van der Waals surface area (Å²) in [5, 5.41) is 2.76. The van der Waals surface area contributed by atoms with E-state index in [2.05, 4.69) is 17.5 Å². The molecular formula is C12H16F2N2OS. The van der Waals surface area contributed by atoms with Gasteiger partial charge in [-0.15, -0.1) is 0 Å². The van der Waals surface area contributed by atoms with Gasteiger partial charge in [0.15, 0.2) is 0 Å². The summed E-state index contributed by atoms with van der Waals surface area (Å²) >= 11 is 4.68. The van der Waals surface area contributed by atoms with Gasteiger partial charge in [0.2, 0.25) is 0 Å². The third kappa shape index (κ3) is 3.61. The molecule has 0 spiro atoms. The van der Waals surface area contributed by atoms with Gasteiger partial charge < -0.3 is 15.8 Å². The van der Waals surface area contributed by atoms with E-state index in [1.807, 2.05) is 0 Å². The van der Waals surface area contributed by atoms with E-state index in [9.17, 15) is 8.78 Å². The highest BCUT2D eigenvalue weighted by atomic mass is 32.1. The summed E-state index contributed by atoms with van der Waals surface area (Å²) in [4.78, 5) is -0.0458. The van der Waals surface area contributed by atoms with Crippen LogP contribution in [0.25, 0.3) is 0 Å². The lowest BCUT2D eigenvalue weighted by Crippen LogP contribution is -2.36. The molecule has 0 aliphatic carbocycles. The average Bonchev–Trinajstić information content (AvgIpc) is 2.22. The van der Waals surface area contributed by atoms with Crippen molar-refractivity contribution in [2.75, 3.05) is 19.0 Å². The number of ether oxygens (including phenoxy) is 1. The standard InChI is InChI=1S/C12H16F2N2OS/c1-12(2,6-17-3)16-10-8(13)4-7(11(15)18)5-9(10)14/h4-5,16H,6H2,1-3H3,(H2,15,18). The molecule has 0 radical (unpaired) electrons. The Morgan fingerprint density at radius 2 is 1.89 bits per heavy atom.